The molecule has 0 radical (unpaired) electrons. The van der Waals surface area contributed by atoms with Crippen LogP contribution in [0.2, 0.25) is 0 Å². The van der Waals surface area contributed by atoms with Gasteiger partial charge in [-0.15, -0.1) is 0 Å². The Balaban J connectivity index is 2.42. The van der Waals surface area contributed by atoms with Gasteiger partial charge >= 0.3 is 0 Å². The molecule has 25 heavy (non-hydrogen) atoms. The van der Waals surface area contributed by atoms with Crippen LogP contribution in [0.15, 0.2) is 52.4 Å². The van der Waals surface area contributed by atoms with Gasteiger partial charge in [0.1, 0.15) is 12.4 Å². The van der Waals surface area contributed by atoms with Gasteiger partial charge in [-0.25, -0.2) is 4.99 Å². The Hall–Kier alpha value is -3.55. The minimum absolute atomic E-state index is 0.0221. The molecule has 2 aromatic carbocycles. The first-order valence-electron chi connectivity index (χ1n) is 7.36. The molecule has 2 aromatic rings. The first kappa shape index (κ1) is 17.8. The summed E-state index contributed by atoms with van der Waals surface area (Å²) in [7, 11) is 0. The highest BCUT2D eigenvalue weighted by atomic mass is 16.5. The van der Waals surface area contributed by atoms with Crippen molar-refractivity contribution in [3.05, 3.63) is 53.6 Å². The van der Waals surface area contributed by atoms with Crippen molar-refractivity contribution < 1.29 is 14.6 Å². The summed E-state index contributed by atoms with van der Waals surface area (Å²) in [6, 6.07) is 12.4. The molecular formula is C17H19N5O3. The Kier molecular flexibility index (Phi) is 5.57. The standard InChI is InChI=1S/C17H19N5O3/c1-10(23)12-7-8-13(25-9-11-5-3-2-4-6-11)14(15(12)24)21-17(20)22-16(18)19/h2-8,24H,9H2,1H3,(H6,18,19,20,21,22). The van der Waals surface area contributed by atoms with Crippen LogP contribution in [-0.2, 0) is 6.61 Å². The average molecular weight is 341 g/mol. The van der Waals surface area contributed by atoms with Crippen LogP contribution in [0.3, 0.4) is 0 Å². The number of rotatable bonds is 5. The third-order valence-electron chi connectivity index (χ3n) is 3.20. The van der Waals surface area contributed by atoms with Crippen molar-refractivity contribution >= 4 is 23.4 Å². The molecule has 0 aliphatic heterocycles. The van der Waals surface area contributed by atoms with Crippen LogP contribution in [-0.4, -0.2) is 22.8 Å². The van der Waals surface area contributed by atoms with E-state index in [2.05, 4.69) is 9.98 Å². The monoisotopic (exact) mass is 341 g/mol. The van der Waals surface area contributed by atoms with E-state index in [1.54, 1.807) is 0 Å². The second-order valence-electron chi connectivity index (χ2n) is 5.15. The van der Waals surface area contributed by atoms with Crippen LogP contribution < -0.4 is 21.9 Å². The van der Waals surface area contributed by atoms with Gasteiger partial charge in [0.25, 0.3) is 0 Å². The number of hydrogen-bond donors (Lipinski definition) is 4. The summed E-state index contributed by atoms with van der Waals surface area (Å²) in [5, 5.41) is 10.3. The minimum Gasteiger partial charge on any atom is -0.505 e. The van der Waals surface area contributed by atoms with Gasteiger partial charge < -0.3 is 27.0 Å². The number of nitrogens with two attached hydrogens (primary N) is 3. The number of hydrogen-bond acceptors (Lipinski definition) is 4. The molecule has 0 fully saturated rings. The number of carbonyl (C=O) groups excluding carboxylic acids is 1. The maximum atomic E-state index is 11.6. The van der Waals surface area contributed by atoms with E-state index in [0.29, 0.717) is 0 Å². The molecule has 0 amide bonds. The molecule has 0 bridgehead atoms. The Labute approximate surface area is 144 Å². The predicted molar refractivity (Wildman–Crippen MR) is 96.0 cm³/mol. The van der Waals surface area contributed by atoms with Gasteiger partial charge in [0.2, 0.25) is 5.96 Å². The lowest BCUT2D eigenvalue weighted by Crippen LogP contribution is -2.26. The zero-order valence-electron chi connectivity index (χ0n) is 13.6. The summed E-state index contributed by atoms with van der Waals surface area (Å²) in [5.41, 5.74) is 17.1. The van der Waals surface area contributed by atoms with Crippen LogP contribution in [0.1, 0.15) is 22.8 Å². The van der Waals surface area contributed by atoms with Gasteiger partial charge in [-0.05, 0) is 24.6 Å². The van der Waals surface area contributed by atoms with Crippen molar-refractivity contribution in [3.8, 4) is 11.5 Å². The molecule has 0 spiro atoms. The molecule has 2 rings (SSSR count). The topological polar surface area (TPSA) is 149 Å². The van der Waals surface area contributed by atoms with Crippen molar-refractivity contribution in [2.75, 3.05) is 0 Å². The Bertz CT molecular complexity index is 828. The van der Waals surface area contributed by atoms with Gasteiger partial charge in [0, 0.05) is 0 Å². The normalized spacial score (nSPS) is 11.0. The number of phenolic OH excluding ortho intramolecular Hbond substituents is 1. The summed E-state index contributed by atoms with van der Waals surface area (Å²) in [6.45, 7) is 1.57. The van der Waals surface area contributed by atoms with E-state index in [4.69, 9.17) is 21.9 Å². The van der Waals surface area contributed by atoms with Crippen molar-refractivity contribution in [2.24, 2.45) is 27.2 Å². The van der Waals surface area contributed by atoms with Crippen molar-refractivity contribution in [1.29, 1.82) is 0 Å². The predicted octanol–water partition coefficient (Wildman–Crippen LogP) is 1.39. The van der Waals surface area contributed by atoms with Crippen LogP contribution in [0.25, 0.3) is 0 Å². The quantitative estimate of drug-likeness (QED) is 0.367. The van der Waals surface area contributed by atoms with Gasteiger partial charge in [-0.2, -0.15) is 4.99 Å². The van der Waals surface area contributed by atoms with Crippen LogP contribution >= 0.6 is 0 Å². The van der Waals surface area contributed by atoms with Gasteiger partial charge in [0.05, 0.1) is 5.56 Å². The minimum atomic E-state index is -0.355. The molecular weight excluding hydrogens is 322 g/mol. The van der Waals surface area contributed by atoms with Crippen LogP contribution in [0, 0.1) is 0 Å². The number of nitrogens with zero attached hydrogens (tertiary/aromatic N) is 2. The first-order chi connectivity index (χ1) is 11.9. The third-order valence-corrected chi connectivity index (χ3v) is 3.20. The highest BCUT2D eigenvalue weighted by Crippen LogP contribution is 2.40. The van der Waals surface area contributed by atoms with Crippen molar-refractivity contribution in [3.63, 3.8) is 0 Å². The van der Waals surface area contributed by atoms with E-state index in [-0.39, 0.29) is 47.1 Å². The van der Waals surface area contributed by atoms with E-state index in [1.165, 1.54) is 19.1 Å². The fourth-order valence-corrected chi connectivity index (χ4v) is 2.08. The molecule has 0 aromatic heterocycles. The second kappa shape index (κ2) is 7.82. The lowest BCUT2D eigenvalue weighted by Gasteiger charge is -2.12. The molecule has 0 aliphatic carbocycles. The Morgan fingerprint density at radius 2 is 1.80 bits per heavy atom. The highest BCUT2D eigenvalue weighted by molar-refractivity contribution is 6.00. The SMILES string of the molecule is CC(=O)c1ccc(OCc2ccccc2)c(N=C(N)N=C(N)N)c1O. The summed E-state index contributed by atoms with van der Waals surface area (Å²) in [5.74, 6) is -1.01. The largest absolute Gasteiger partial charge is 0.505 e. The molecule has 0 saturated carbocycles. The number of guanidine groups is 2. The summed E-state index contributed by atoms with van der Waals surface area (Å²) in [4.78, 5) is 19.2. The molecule has 0 atom stereocenters. The summed E-state index contributed by atoms with van der Waals surface area (Å²) in [6.07, 6.45) is 0. The number of Topliss-reactive ketones (excluding diaryl/α,β-unsaturated/α-hetero) is 1. The maximum absolute atomic E-state index is 11.6. The number of ketones is 1. The van der Waals surface area contributed by atoms with Crippen molar-refractivity contribution in [1.82, 2.24) is 0 Å². The molecule has 7 N–H and O–H groups in total. The average Bonchev–Trinajstić information content (AvgIpc) is 2.55. The number of benzene rings is 2. The highest BCUT2D eigenvalue weighted by Gasteiger charge is 2.17. The fourth-order valence-electron chi connectivity index (χ4n) is 2.08. The fraction of sp³-hybridized carbons (Fsp3) is 0.118. The van der Waals surface area contributed by atoms with Gasteiger partial charge in [0.15, 0.2) is 23.2 Å². The van der Waals surface area contributed by atoms with Crippen LogP contribution in [0.4, 0.5) is 5.69 Å². The first-order valence-corrected chi connectivity index (χ1v) is 7.36. The summed E-state index contributed by atoms with van der Waals surface area (Å²) >= 11 is 0. The second-order valence-corrected chi connectivity index (χ2v) is 5.15. The van der Waals surface area contributed by atoms with Gasteiger partial charge in [-0.1, -0.05) is 30.3 Å². The molecule has 0 unspecified atom stereocenters. The van der Waals surface area contributed by atoms with E-state index in [9.17, 15) is 9.90 Å². The summed E-state index contributed by atoms with van der Waals surface area (Å²) < 4.78 is 5.70. The van der Waals surface area contributed by atoms with E-state index in [0.717, 1.165) is 5.56 Å². The smallest absolute Gasteiger partial charge is 0.224 e. The van der Waals surface area contributed by atoms with Gasteiger partial charge in [-0.3, -0.25) is 4.79 Å². The molecule has 0 aliphatic rings. The van der Waals surface area contributed by atoms with Crippen molar-refractivity contribution in [2.45, 2.75) is 13.5 Å². The number of ether oxygens (including phenoxy) is 1. The lowest BCUT2D eigenvalue weighted by molar-refractivity contribution is 0.101. The zero-order chi connectivity index (χ0) is 18.4. The molecule has 0 saturated heterocycles. The lowest BCUT2D eigenvalue weighted by atomic mass is 10.1. The molecule has 8 heteroatoms. The Morgan fingerprint density at radius 3 is 2.40 bits per heavy atom. The van der Waals surface area contributed by atoms with Crippen LogP contribution in [0.5, 0.6) is 11.5 Å². The number of phenols is 1. The third kappa shape index (κ3) is 4.71. The van der Waals surface area contributed by atoms with E-state index >= 15 is 0 Å². The zero-order valence-corrected chi connectivity index (χ0v) is 13.6. The van der Waals surface area contributed by atoms with E-state index in [1.807, 2.05) is 30.3 Å². The number of aliphatic imine (C=N–C) groups is 2. The molecule has 0 heterocycles. The molecule has 8 nitrogen and oxygen atoms in total. The molecule has 130 valence electrons. The maximum Gasteiger partial charge on any atom is 0.224 e. The number of aromatic hydroxyl groups is 1. The number of carbonyl (C=O) groups is 1. The van der Waals surface area contributed by atoms with E-state index < -0.39 is 0 Å². The Morgan fingerprint density at radius 1 is 1.12 bits per heavy atom.